The third-order valence-corrected chi connectivity index (χ3v) is 3.37. The maximum absolute atomic E-state index is 4.24. The summed E-state index contributed by atoms with van der Waals surface area (Å²) in [6.45, 7) is 1.69. The number of aromatic nitrogens is 2. The van der Waals surface area contributed by atoms with Crippen LogP contribution in [0.4, 0.5) is 0 Å². The number of rotatable bonds is 4. The summed E-state index contributed by atoms with van der Waals surface area (Å²) in [5.74, 6) is 0. The molecule has 4 heteroatoms. The van der Waals surface area contributed by atoms with Crippen molar-refractivity contribution in [1.82, 2.24) is 15.3 Å². The fraction of sp³-hybridized carbons (Fsp3) is 0.154. The Balaban J connectivity index is 1.64. The number of H-pyrrole nitrogens is 1. The highest BCUT2D eigenvalue weighted by Gasteiger charge is 1.98. The summed E-state index contributed by atoms with van der Waals surface area (Å²) in [5, 5.41) is 6.72. The molecule has 2 N–H and O–H groups in total. The fourth-order valence-electron chi connectivity index (χ4n) is 1.86. The van der Waals surface area contributed by atoms with E-state index in [-0.39, 0.29) is 0 Å². The minimum absolute atomic E-state index is 0.826. The van der Waals surface area contributed by atoms with E-state index in [9.17, 15) is 0 Å². The van der Waals surface area contributed by atoms with Gasteiger partial charge in [-0.05, 0) is 23.1 Å². The molecule has 17 heavy (non-hydrogen) atoms. The molecule has 0 saturated heterocycles. The van der Waals surface area contributed by atoms with E-state index < -0.39 is 0 Å². The molecule has 0 radical (unpaired) electrons. The number of nitrogens with zero attached hydrogens (tertiary/aromatic N) is 1. The van der Waals surface area contributed by atoms with Crippen LogP contribution in [0.1, 0.15) is 11.3 Å². The van der Waals surface area contributed by atoms with Crippen molar-refractivity contribution in [2.24, 2.45) is 0 Å². The number of fused-ring (bicyclic) bond motifs is 1. The van der Waals surface area contributed by atoms with E-state index in [0.717, 1.165) is 18.8 Å². The molecule has 0 bridgehead atoms. The van der Waals surface area contributed by atoms with Gasteiger partial charge in [0.2, 0.25) is 0 Å². The Labute approximate surface area is 104 Å². The van der Waals surface area contributed by atoms with Crippen LogP contribution in [-0.2, 0) is 13.1 Å². The topological polar surface area (TPSA) is 40.7 Å². The molecule has 0 unspecified atom stereocenters. The predicted octanol–water partition coefficient (Wildman–Crippen LogP) is 2.91. The standard InChI is InChI=1S/C13H13N3S/c1-2-11-3-4-15-13(11)5-10(1)6-14-7-12-8-17-9-16-12/h1-5,8-9,14-15H,6-7H2. The summed E-state index contributed by atoms with van der Waals surface area (Å²) in [5.41, 5.74) is 5.45. The molecule has 0 saturated carbocycles. The lowest BCUT2D eigenvalue weighted by atomic mass is 10.1. The molecule has 3 rings (SSSR count). The Bertz CT molecular complexity index is 598. The zero-order chi connectivity index (χ0) is 11.5. The molecule has 3 aromatic rings. The monoisotopic (exact) mass is 243 g/mol. The van der Waals surface area contributed by atoms with Crippen LogP contribution in [0.3, 0.4) is 0 Å². The van der Waals surface area contributed by atoms with E-state index in [4.69, 9.17) is 0 Å². The van der Waals surface area contributed by atoms with Gasteiger partial charge in [0.1, 0.15) is 0 Å². The Morgan fingerprint density at radius 3 is 3.12 bits per heavy atom. The molecule has 0 amide bonds. The Morgan fingerprint density at radius 1 is 1.24 bits per heavy atom. The second-order valence-corrected chi connectivity index (χ2v) is 4.70. The maximum atomic E-state index is 4.24. The lowest BCUT2D eigenvalue weighted by Crippen LogP contribution is -2.12. The molecule has 0 atom stereocenters. The molecule has 0 aliphatic carbocycles. The first kappa shape index (κ1) is 10.5. The summed E-state index contributed by atoms with van der Waals surface area (Å²) in [6.07, 6.45) is 1.97. The average Bonchev–Trinajstić information content (AvgIpc) is 2.98. The van der Waals surface area contributed by atoms with Gasteiger partial charge in [0.05, 0.1) is 11.2 Å². The van der Waals surface area contributed by atoms with Crippen LogP contribution in [0.15, 0.2) is 41.4 Å². The van der Waals surface area contributed by atoms with Gasteiger partial charge in [-0.25, -0.2) is 4.98 Å². The summed E-state index contributed by atoms with van der Waals surface area (Å²) < 4.78 is 0. The molecule has 2 heterocycles. The van der Waals surface area contributed by atoms with Crippen LogP contribution in [-0.4, -0.2) is 9.97 Å². The first-order valence-corrected chi connectivity index (χ1v) is 6.50. The van der Waals surface area contributed by atoms with E-state index in [1.807, 2.05) is 11.7 Å². The van der Waals surface area contributed by atoms with Crippen molar-refractivity contribution in [3.8, 4) is 0 Å². The van der Waals surface area contributed by atoms with Gasteiger partial charge in [0.25, 0.3) is 0 Å². The van der Waals surface area contributed by atoms with Crippen molar-refractivity contribution < 1.29 is 0 Å². The van der Waals surface area contributed by atoms with Crippen LogP contribution in [0.5, 0.6) is 0 Å². The number of thiazole rings is 1. The van der Waals surface area contributed by atoms with Crippen LogP contribution < -0.4 is 5.32 Å². The van der Waals surface area contributed by atoms with Crippen molar-refractivity contribution in [3.63, 3.8) is 0 Å². The maximum Gasteiger partial charge on any atom is 0.0795 e. The van der Waals surface area contributed by atoms with Crippen molar-refractivity contribution in [1.29, 1.82) is 0 Å². The lowest BCUT2D eigenvalue weighted by Gasteiger charge is -2.03. The zero-order valence-corrected chi connectivity index (χ0v) is 10.1. The van der Waals surface area contributed by atoms with Crippen LogP contribution in [0.2, 0.25) is 0 Å². The normalized spacial score (nSPS) is 11.1. The Kier molecular flexibility index (Phi) is 2.90. The highest BCUT2D eigenvalue weighted by molar-refractivity contribution is 7.07. The molecule has 0 spiro atoms. The van der Waals surface area contributed by atoms with Gasteiger partial charge < -0.3 is 10.3 Å². The third kappa shape index (κ3) is 2.38. The van der Waals surface area contributed by atoms with Crippen molar-refractivity contribution in [2.45, 2.75) is 13.1 Å². The summed E-state index contributed by atoms with van der Waals surface area (Å²) in [6, 6.07) is 8.57. The molecular weight excluding hydrogens is 230 g/mol. The highest BCUT2D eigenvalue weighted by Crippen LogP contribution is 2.14. The number of benzene rings is 1. The number of nitrogens with one attached hydrogen (secondary N) is 2. The molecule has 0 aliphatic rings. The molecule has 1 aromatic carbocycles. The molecule has 0 aliphatic heterocycles. The van der Waals surface area contributed by atoms with Gasteiger partial charge in [-0.3, -0.25) is 0 Å². The van der Waals surface area contributed by atoms with E-state index in [1.54, 1.807) is 11.3 Å². The van der Waals surface area contributed by atoms with E-state index in [1.165, 1.54) is 16.5 Å². The minimum Gasteiger partial charge on any atom is -0.361 e. The summed E-state index contributed by atoms with van der Waals surface area (Å²) in [7, 11) is 0. The molecule has 0 fully saturated rings. The van der Waals surface area contributed by atoms with Crippen LogP contribution in [0, 0.1) is 0 Å². The molecule has 2 aromatic heterocycles. The number of hydrogen-bond acceptors (Lipinski definition) is 3. The quantitative estimate of drug-likeness (QED) is 0.739. The van der Waals surface area contributed by atoms with Gasteiger partial charge in [-0.1, -0.05) is 12.1 Å². The van der Waals surface area contributed by atoms with E-state index in [2.05, 4.69) is 44.9 Å². The summed E-state index contributed by atoms with van der Waals surface area (Å²) >= 11 is 1.63. The van der Waals surface area contributed by atoms with Crippen molar-refractivity contribution in [3.05, 3.63) is 52.6 Å². The highest BCUT2D eigenvalue weighted by atomic mass is 32.1. The van der Waals surface area contributed by atoms with E-state index >= 15 is 0 Å². The van der Waals surface area contributed by atoms with Gasteiger partial charge in [0.15, 0.2) is 0 Å². The van der Waals surface area contributed by atoms with Crippen molar-refractivity contribution >= 4 is 22.2 Å². The van der Waals surface area contributed by atoms with Gasteiger partial charge >= 0.3 is 0 Å². The summed E-state index contributed by atoms with van der Waals surface area (Å²) in [4.78, 5) is 7.46. The van der Waals surface area contributed by atoms with E-state index in [0.29, 0.717) is 0 Å². The number of aromatic amines is 1. The molecular formula is C13H13N3S. The zero-order valence-electron chi connectivity index (χ0n) is 9.31. The number of hydrogen-bond donors (Lipinski definition) is 2. The Morgan fingerprint density at radius 2 is 2.24 bits per heavy atom. The van der Waals surface area contributed by atoms with Crippen molar-refractivity contribution in [2.75, 3.05) is 0 Å². The first-order valence-electron chi connectivity index (χ1n) is 5.55. The van der Waals surface area contributed by atoms with Gasteiger partial charge in [0, 0.05) is 30.2 Å². The molecule has 86 valence electrons. The van der Waals surface area contributed by atoms with Gasteiger partial charge in [-0.2, -0.15) is 0 Å². The van der Waals surface area contributed by atoms with Crippen LogP contribution >= 0.6 is 11.3 Å². The Hall–Kier alpha value is -1.65. The largest absolute Gasteiger partial charge is 0.361 e. The molecule has 3 nitrogen and oxygen atoms in total. The minimum atomic E-state index is 0.826. The first-order chi connectivity index (χ1) is 8.42. The SMILES string of the molecule is c1cc2ccc(CNCc3cscn3)cc2[nH]1. The van der Waals surface area contributed by atoms with Gasteiger partial charge in [-0.15, -0.1) is 11.3 Å². The van der Waals surface area contributed by atoms with Crippen LogP contribution in [0.25, 0.3) is 10.9 Å². The fourth-order valence-corrected chi connectivity index (χ4v) is 2.42. The third-order valence-electron chi connectivity index (χ3n) is 2.74. The predicted molar refractivity (Wildman–Crippen MR) is 71.0 cm³/mol. The lowest BCUT2D eigenvalue weighted by molar-refractivity contribution is 0.683. The second-order valence-electron chi connectivity index (χ2n) is 3.98. The second kappa shape index (κ2) is 4.69. The average molecular weight is 243 g/mol. The smallest absolute Gasteiger partial charge is 0.0795 e.